The van der Waals surface area contributed by atoms with Crippen LogP contribution in [-0.4, -0.2) is 31.0 Å². The Balaban J connectivity index is 1.76. The van der Waals surface area contributed by atoms with Crippen LogP contribution >= 0.6 is 0 Å². The molecule has 3 rings (SSSR count). The van der Waals surface area contributed by atoms with Gasteiger partial charge in [-0.05, 0) is 49.1 Å². The molecule has 0 bridgehead atoms. The second kappa shape index (κ2) is 9.09. The first-order chi connectivity index (χ1) is 13.6. The Morgan fingerprint density at radius 3 is 2.64 bits per heavy atom. The normalized spacial score (nSPS) is 13.9. The minimum Gasteiger partial charge on any atom is -0.493 e. The number of aryl methyl sites for hydroxylation is 1. The third-order valence-electron chi connectivity index (χ3n) is 4.72. The van der Waals surface area contributed by atoms with Gasteiger partial charge < -0.3 is 14.4 Å². The summed E-state index contributed by atoms with van der Waals surface area (Å²) < 4.78 is 11.3. The third kappa shape index (κ3) is 4.72. The van der Waals surface area contributed by atoms with E-state index >= 15 is 0 Å². The summed E-state index contributed by atoms with van der Waals surface area (Å²) in [5.74, 6) is 0.969. The number of ether oxygens (including phenoxy) is 2. The molecule has 0 unspecified atom stereocenters. The Morgan fingerprint density at radius 2 is 1.96 bits per heavy atom. The van der Waals surface area contributed by atoms with Crippen LogP contribution in [0.4, 0.5) is 0 Å². The molecular weight excluding hydrogens is 352 g/mol. The van der Waals surface area contributed by atoms with Crippen molar-refractivity contribution in [1.82, 2.24) is 4.90 Å². The molecule has 28 heavy (non-hydrogen) atoms. The van der Waals surface area contributed by atoms with Crippen molar-refractivity contribution in [3.8, 4) is 17.6 Å². The Kier molecular flexibility index (Phi) is 6.33. The van der Waals surface area contributed by atoms with E-state index in [4.69, 9.17) is 9.47 Å². The molecule has 0 radical (unpaired) electrons. The molecule has 2 aromatic rings. The third-order valence-corrected chi connectivity index (χ3v) is 4.72. The van der Waals surface area contributed by atoms with Crippen molar-refractivity contribution in [2.75, 3.05) is 20.2 Å². The van der Waals surface area contributed by atoms with Crippen molar-refractivity contribution in [1.29, 1.82) is 5.26 Å². The summed E-state index contributed by atoms with van der Waals surface area (Å²) in [6.07, 6.45) is 3.59. The van der Waals surface area contributed by atoms with Gasteiger partial charge in [-0.3, -0.25) is 4.79 Å². The van der Waals surface area contributed by atoms with E-state index in [0.29, 0.717) is 31.2 Å². The van der Waals surface area contributed by atoms with E-state index < -0.39 is 0 Å². The summed E-state index contributed by atoms with van der Waals surface area (Å²) in [4.78, 5) is 14.2. The van der Waals surface area contributed by atoms with Crippen LogP contribution in [0, 0.1) is 18.3 Å². The molecule has 1 amide bonds. The maximum atomic E-state index is 12.5. The Morgan fingerprint density at radius 1 is 1.18 bits per heavy atom. The van der Waals surface area contributed by atoms with Crippen LogP contribution < -0.4 is 9.47 Å². The molecule has 1 saturated heterocycles. The van der Waals surface area contributed by atoms with Gasteiger partial charge in [-0.25, -0.2) is 0 Å². The molecule has 0 saturated carbocycles. The summed E-state index contributed by atoms with van der Waals surface area (Å²) in [7, 11) is 1.57. The number of amides is 1. The van der Waals surface area contributed by atoms with E-state index in [1.54, 1.807) is 30.2 Å². The van der Waals surface area contributed by atoms with Gasteiger partial charge in [-0.1, -0.05) is 35.9 Å². The van der Waals surface area contributed by atoms with Crippen molar-refractivity contribution in [2.45, 2.75) is 26.4 Å². The van der Waals surface area contributed by atoms with Crippen molar-refractivity contribution in [2.24, 2.45) is 0 Å². The van der Waals surface area contributed by atoms with E-state index in [-0.39, 0.29) is 11.5 Å². The topological polar surface area (TPSA) is 62.6 Å². The monoisotopic (exact) mass is 376 g/mol. The smallest absolute Gasteiger partial charge is 0.264 e. The number of hydrogen-bond acceptors (Lipinski definition) is 4. The molecule has 144 valence electrons. The highest BCUT2D eigenvalue weighted by molar-refractivity contribution is 6.01. The molecule has 0 aliphatic carbocycles. The van der Waals surface area contributed by atoms with Gasteiger partial charge in [0.05, 0.1) is 7.11 Å². The zero-order chi connectivity index (χ0) is 19.9. The van der Waals surface area contributed by atoms with Crippen molar-refractivity contribution < 1.29 is 14.3 Å². The Hall–Kier alpha value is -3.26. The maximum Gasteiger partial charge on any atom is 0.264 e. The van der Waals surface area contributed by atoms with Crippen LogP contribution in [0.2, 0.25) is 0 Å². The van der Waals surface area contributed by atoms with Crippen LogP contribution in [0.25, 0.3) is 6.08 Å². The second-order valence-corrected chi connectivity index (χ2v) is 6.86. The largest absolute Gasteiger partial charge is 0.493 e. The molecule has 0 N–H and O–H groups in total. The Bertz CT molecular complexity index is 922. The average Bonchev–Trinajstić information content (AvgIpc) is 3.25. The summed E-state index contributed by atoms with van der Waals surface area (Å²) >= 11 is 0. The average molecular weight is 376 g/mol. The fraction of sp³-hybridized carbons (Fsp3) is 0.304. The summed E-state index contributed by atoms with van der Waals surface area (Å²) in [6, 6.07) is 15.6. The molecular formula is C23H24N2O3. The molecule has 5 nitrogen and oxygen atoms in total. The minimum atomic E-state index is -0.209. The maximum absolute atomic E-state index is 12.5. The first kappa shape index (κ1) is 19.5. The van der Waals surface area contributed by atoms with Gasteiger partial charge in [0.1, 0.15) is 18.2 Å². The zero-order valence-corrected chi connectivity index (χ0v) is 16.3. The molecule has 2 aromatic carbocycles. The first-order valence-corrected chi connectivity index (χ1v) is 9.38. The number of hydrogen-bond donors (Lipinski definition) is 0. The van der Waals surface area contributed by atoms with Crippen molar-refractivity contribution in [3.05, 3.63) is 64.7 Å². The molecule has 5 heteroatoms. The predicted octanol–water partition coefficient (Wildman–Crippen LogP) is 4.11. The fourth-order valence-electron chi connectivity index (χ4n) is 3.26. The van der Waals surface area contributed by atoms with Gasteiger partial charge in [0.25, 0.3) is 5.91 Å². The number of methoxy groups -OCH3 is 1. The van der Waals surface area contributed by atoms with Crippen LogP contribution in [0.5, 0.6) is 11.5 Å². The van der Waals surface area contributed by atoms with E-state index in [2.05, 4.69) is 6.07 Å². The highest BCUT2D eigenvalue weighted by Gasteiger charge is 2.21. The Labute approximate surface area is 165 Å². The number of rotatable bonds is 6. The number of benzene rings is 2. The lowest BCUT2D eigenvalue weighted by molar-refractivity contribution is -0.125. The lowest BCUT2D eigenvalue weighted by atomic mass is 10.1. The lowest BCUT2D eigenvalue weighted by Gasteiger charge is -2.14. The van der Waals surface area contributed by atoms with Gasteiger partial charge in [0.15, 0.2) is 11.5 Å². The molecule has 1 fully saturated rings. The predicted molar refractivity (Wildman–Crippen MR) is 108 cm³/mol. The van der Waals surface area contributed by atoms with Crippen LogP contribution in [0.3, 0.4) is 0 Å². The lowest BCUT2D eigenvalue weighted by Crippen LogP contribution is -2.28. The highest BCUT2D eigenvalue weighted by Crippen LogP contribution is 2.30. The second-order valence-electron chi connectivity index (χ2n) is 6.86. The van der Waals surface area contributed by atoms with E-state index in [1.807, 2.05) is 37.3 Å². The standard InChI is InChI=1S/C23H24N2O3/c1-17-6-5-7-19(12-17)16-28-21-9-8-18(14-22(21)27-2)13-20(15-24)23(26)25-10-3-4-11-25/h5-9,12-14H,3-4,10-11,16H2,1-2H3/b20-13+. The van der Waals surface area contributed by atoms with Gasteiger partial charge >= 0.3 is 0 Å². The summed E-state index contributed by atoms with van der Waals surface area (Å²) in [5, 5.41) is 9.41. The van der Waals surface area contributed by atoms with Crippen LogP contribution in [-0.2, 0) is 11.4 Å². The number of carbonyl (C=O) groups excluding carboxylic acids is 1. The van der Waals surface area contributed by atoms with E-state index in [1.165, 1.54) is 5.56 Å². The molecule has 0 spiro atoms. The quantitative estimate of drug-likeness (QED) is 0.562. The van der Waals surface area contributed by atoms with E-state index in [0.717, 1.165) is 24.0 Å². The first-order valence-electron chi connectivity index (χ1n) is 9.38. The van der Waals surface area contributed by atoms with Gasteiger partial charge in [0.2, 0.25) is 0 Å². The molecule has 1 heterocycles. The number of nitriles is 1. The number of likely N-dealkylation sites (tertiary alicyclic amines) is 1. The fourth-order valence-corrected chi connectivity index (χ4v) is 3.26. The molecule has 1 aliphatic heterocycles. The van der Waals surface area contributed by atoms with Crippen LogP contribution in [0.1, 0.15) is 29.5 Å². The molecule has 1 aliphatic rings. The van der Waals surface area contributed by atoms with Gasteiger partial charge in [0, 0.05) is 13.1 Å². The molecule has 0 atom stereocenters. The number of carbonyl (C=O) groups is 1. The van der Waals surface area contributed by atoms with Gasteiger partial charge in [-0.15, -0.1) is 0 Å². The van der Waals surface area contributed by atoms with Crippen LogP contribution in [0.15, 0.2) is 48.0 Å². The van der Waals surface area contributed by atoms with Gasteiger partial charge in [-0.2, -0.15) is 5.26 Å². The highest BCUT2D eigenvalue weighted by atomic mass is 16.5. The summed E-state index contributed by atoms with van der Waals surface area (Å²) in [6.45, 7) is 3.91. The zero-order valence-electron chi connectivity index (χ0n) is 16.3. The van der Waals surface area contributed by atoms with Crippen molar-refractivity contribution in [3.63, 3.8) is 0 Å². The van der Waals surface area contributed by atoms with E-state index in [9.17, 15) is 10.1 Å². The molecule has 0 aromatic heterocycles. The SMILES string of the molecule is COc1cc(/C=C(\C#N)C(=O)N2CCCC2)ccc1OCc1cccc(C)c1. The minimum absolute atomic E-state index is 0.136. The summed E-state index contributed by atoms with van der Waals surface area (Å²) in [5.41, 5.74) is 3.12. The number of nitrogens with zero attached hydrogens (tertiary/aromatic N) is 2. The van der Waals surface area contributed by atoms with Crippen molar-refractivity contribution >= 4 is 12.0 Å².